The molecule has 8 nitrogen and oxygen atoms in total. The molecule has 2 aromatic carbocycles. The molecule has 0 bridgehead atoms. The lowest BCUT2D eigenvalue weighted by Crippen LogP contribution is -2.70. The summed E-state index contributed by atoms with van der Waals surface area (Å²) in [5, 5.41) is 11.0. The molecule has 1 fully saturated rings. The van der Waals surface area contributed by atoms with Crippen molar-refractivity contribution in [3.8, 4) is 0 Å². The fourth-order valence-corrected chi connectivity index (χ4v) is 3.84. The van der Waals surface area contributed by atoms with Crippen molar-refractivity contribution in [1.29, 1.82) is 0 Å². The van der Waals surface area contributed by atoms with E-state index in [1.165, 1.54) is 23.9 Å². The summed E-state index contributed by atoms with van der Waals surface area (Å²) >= 11 is 1.19. The molecule has 2 aromatic rings. The van der Waals surface area contributed by atoms with Gasteiger partial charge in [-0.3, -0.25) is 19.7 Å². The Labute approximate surface area is 183 Å². The van der Waals surface area contributed by atoms with Crippen LogP contribution in [-0.4, -0.2) is 47.7 Å². The predicted octanol–water partition coefficient (Wildman–Crippen LogP) is 0.304. The van der Waals surface area contributed by atoms with E-state index in [2.05, 4.69) is 21.3 Å². The Bertz CT molecular complexity index is 913. The van der Waals surface area contributed by atoms with E-state index in [1.807, 2.05) is 30.3 Å². The molecular formula is C21H24FN5O3S. The molecule has 3 unspecified atom stereocenters. The van der Waals surface area contributed by atoms with Gasteiger partial charge in [-0.25, -0.2) is 4.39 Å². The van der Waals surface area contributed by atoms with Gasteiger partial charge < -0.3 is 21.7 Å². The van der Waals surface area contributed by atoms with Crippen molar-refractivity contribution in [2.24, 2.45) is 5.73 Å². The summed E-state index contributed by atoms with van der Waals surface area (Å²) in [5.74, 6) is -1.50. The Morgan fingerprint density at radius 2 is 1.81 bits per heavy atom. The first-order valence-electron chi connectivity index (χ1n) is 9.73. The summed E-state index contributed by atoms with van der Waals surface area (Å²) in [6, 6.07) is 13.8. The van der Waals surface area contributed by atoms with E-state index in [9.17, 15) is 18.8 Å². The second-order valence-electron chi connectivity index (χ2n) is 6.94. The summed E-state index contributed by atoms with van der Waals surface area (Å²) in [6.45, 7) is 0.519. The molecule has 10 heteroatoms. The van der Waals surface area contributed by atoms with Crippen LogP contribution < -0.4 is 27.0 Å². The van der Waals surface area contributed by atoms with E-state index in [4.69, 9.17) is 5.73 Å². The highest BCUT2D eigenvalue weighted by molar-refractivity contribution is 8.00. The number of carbonyl (C=O) groups excluding carboxylic acids is 3. The van der Waals surface area contributed by atoms with Crippen molar-refractivity contribution in [2.45, 2.75) is 24.1 Å². The monoisotopic (exact) mass is 445 g/mol. The summed E-state index contributed by atoms with van der Waals surface area (Å²) in [7, 11) is 0. The highest BCUT2D eigenvalue weighted by Crippen LogP contribution is 2.11. The molecule has 3 atom stereocenters. The first-order chi connectivity index (χ1) is 14.9. The number of carbonyl (C=O) groups is 3. The molecule has 1 aliphatic rings. The zero-order valence-electron chi connectivity index (χ0n) is 16.6. The van der Waals surface area contributed by atoms with Gasteiger partial charge in [-0.2, -0.15) is 0 Å². The van der Waals surface area contributed by atoms with Crippen molar-refractivity contribution in [3.63, 3.8) is 0 Å². The van der Waals surface area contributed by atoms with Crippen molar-refractivity contribution >= 4 is 29.5 Å². The molecular weight excluding hydrogens is 421 g/mol. The maximum absolute atomic E-state index is 13.0. The number of rotatable bonds is 8. The van der Waals surface area contributed by atoms with Crippen LogP contribution in [0.2, 0.25) is 0 Å². The number of thioether (sulfide) groups is 1. The van der Waals surface area contributed by atoms with Gasteiger partial charge in [0, 0.05) is 12.1 Å². The highest BCUT2D eigenvalue weighted by atomic mass is 32.2. The average Bonchev–Trinajstić information content (AvgIpc) is 2.76. The van der Waals surface area contributed by atoms with Crippen LogP contribution in [0, 0.1) is 5.82 Å². The fourth-order valence-electron chi connectivity index (χ4n) is 2.97. The number of nitrogens with two attached hydrogens (primary N) is 1. The smallest absolute Gasteiger partial charge is 0.252 e. The molecule has 3 amide bonds. The van der Waals surface area contributed by atoms with Gasteiger partial charge in [0.25, 0.3) is 5.91 Å². The van der Waals surface area contributed by atoms with Crippen LogP contribution in [0.4, 0.5) is 4.39 Å². The number of hydrogen-bond acceptors (Lipinski definition) is 6. The molecule has 0 aromatic heterocycles. The maximum atomic E-state index is 13.0. The summed E-state index contributed by atoms with van der Waals surface area (Å²) in [5.41, 5.74) is 6.78. The molecule has 1 heterocycles. The Morgan fingerprint density at radius 1 is 1.10 bits per heavy atom. The third kappa shape index (κ3) is 6.78. The lowest BCUT2D eigenvalue weighted by molar-refractivity contribution is -0.125. The molecule has 1 saturated heterocycles. The number of nitrogens with one attached hydrogen (secondary N) is 4. The van der Waals surface area contributed by atoms with Crippen LogP contribution in [-0.2, 0) is 16.0 Å². The minimum atomic E-state index is -1.01. The van der Waals surface area contributed by atoms with Gasteiger partial charge in [0.05, 0.1) is 11.9 Å². The first kappa shape index (κ1) is 22.7. The van der Waals surface area contributed by atoms with E-state index in [-0.39, 0.29) is 17.2 Å². The van der Waals surface area contributed by atoms with Crippen LogP contribution in [0.1, 0.15) is 15.9 Å². The SMILES string of the molecule is NC1NC(SCC(=O)NCCc2ccccc2)NC(=O)C1NC(=O)c1ccc(F)cc1. The van der Waals surface area contributed by atoms with Gasteiger partial charge in [-0.1, -0.05) is 30.3 Å². The molecule has 3 rings (SSSR count). The molecule has 6 N–H and O–H groups in total. The van der Waals surface area contributed by atoms with Crippen LogP contribution in [0.15, 0.2) is 54.6 Å². The van der Waals surface area contributed by atoms with Gasteiger partial charge in [0.2, 0.25) is 11.8 Å². The lowest BCUT2D eigenvalue weighted by atomic mass is 10.1. The Balaban J connectivity index is 1.41. The van der Waals surface area contributed by atoms with Crippen LogP contribution in [0.5, 0.6) is 0 Å². The zero-order valence-corrected chi connectivity index (χ0v) is 17.5. The zero-order chi connectivity index (χ0) is 22.2. The summed E-state index contributed by atoms with van der Waals surface area (Å²) in [4.78, 5) is 36.7. The van der Waals surface area contributed by atoms with Crippen LogP contribution in [0.3, 0.4) is 0 Å². The van der Waals surface area contributed by atoms with E-state index < -0.39 is 35.3 Å². The maximum Gasteiger partial charge on any atom is 0.252 e. The van der Waals surface area contributed by atoms with E-state index in [0.29, 0.717) is 6.54 Å². The van der Waals surface area contributed by atoms with E-state index in [0.717, 1.165) is 24.1 Å². The van der Waals surface area contributed by atoms with Crippen molar-refractivity contribution < 1.29 is 18.8 Å². The Morgan fingerprint density at radius 3 is 2.48 bits per heavy atom. The van der Waals surface area contributed by atoms with Gasteiger partial charge in [-0.05, 0) is 36.2 Å². The largest absolute Gasteiger partial charge is 0.355 e. The fraction of sp³-hybridized carbons (Fsp3) is 0.286. The highest BCUT2D eigenvalue weighted by Gasteiger charge is 2.35. The number of halogens is 1. The molecule has 0 spiro atoms. The topological polar surface area (TPSA) is 125 Å². The van der Waals surface area contributed by atoms with Crippen LogP contribution in [0.25, 0.3) is 0 Å². The Hall–Kier alpha value is -2.95. The quantitative estimate of drug-likeness (QED) is 0.398. The molecule has 0 saturated carbocycles. The van der Waals surface area contributed by atoms with E-state index in [1.54, 1.807) is 0 Å². The minimum Gasteiger partial charge on any atom is -0.355 e. The molecule has 0 radical (unpaired) electrons. The minimum absolute atomic E-state index is 0.131. The number of hydrogen-bond donors (Lipinski definition) is 5. The van der Waals surface area contributed by atoms with Gasteiger partial charge in [0.15, 0.2) is 0 Å². The molecule has 1 aliphatic heterocycles. The van der Waals surface area contributed by atoms with E-state index >= 15 is 0 Å². The van der Waals surface area contributed by atoms with Gasteiger partial charge in [0.1, 0.15) is 17.4 Å². The van der Waals surface area contributed by atoms with Gasteiger partial charge in [-0.15, -0.1) is 11.8 Å². The van der Waals surface area contributed by atoms with Crippen molar-refractivity contribution in [3.05, 3.63) is 71.5 Å². The standard InChI is InChI=1S/C21H24FN5O3S/c22-15-8-6-14(7-9-15)19(29)25-17-18(23)26-21(27-20(17)30)31-12-16(28)24-11-10-13-4-2-1-3-5-13/h1-9,17-18,21,26H,10-12,23H2,(H,24,28)(H,25,29)(H,27,30). The van der Waals surface area contributed by atoms with Gasteiger partial charge >= 0.3 is 0 Å². The average molecular weight is 446 g/mol. The number of amides is 3. The Kier molecular flexibility index (Phi) is 7.99. The molecule has 0 aliphatic carbocycles. The molecule has 31 heavy (non-hydrogen) atoms. The number of benzene rings is 2. The first-order valence-corrected chi connectivity index (χ1v) is 10.8. The third-order valence-corrected chi connectivity index (χ3v) is 5.63. The molecule has 164 valence electrons. The van der Waals surface area contributed by atoms with Crippen molar-refractivity contribution in [2.75, 3.05) is 12.3 Å². The summed E-state index contributed by atoms with van der Waals surface area (Å²) < 4.78 is 13.0. The second-order valence-corrected chi connectivity index (χ2v) is 8.03. The van der Waals surface area contributed by atoms with Crippen LogP contribution >= 0.6 is 11.8 Å². The summed E-state index contributed by atoms with van der Waals surface area (Å²) in [6.07, 6.45) is -0.118. The third-order valence-electron chi connectivity index (χ3n) is 4.61. The normalized spacial score (nSPS) is 20.6. The predicted molar refractivity (Wildman–Crippen MR) is 116 cm³/mol. The van der Waals surface area contributed by atoms with Crippen molar-refractivity contribution in [1.82, 2.24) is 21.3 Å². The lowest BCUT2D eigenvalue weighted by Gasteiger charge is -2.35. The second kappa shape index (κ2) is 10.9.